The normalized spacial score (nSPS) is 24.2. The highest BCUT2D eigenvalue weighted by Crippen LogP contribution is 2.46. The number of halogens is 1. The minimum absolute atomic E-state index is 0.00232. The number of aliphatic hydroxyl groups excluding tert-OH is 1. The minimum Gasteiger partial charge on any atom is -0.394 e. The van der Waals surface area contributed by atoms with Crippen LogP contribution in [-0.2, 0) is 0 Å². The van der Waals surface area contributed by atoms with Gasteiger partial charge in [0.25, 0.3) is 0 Å². The summed E-state index contributed by atoms with van der Waals surface area (Å²) >= 11 is 0. The highest BCUT2D eigenvalue weighted by atomic mass is 19.1. The number of nitrogens with one attached hydrogen (secondary N) is 2. The van der Waals surface area contributed by atoms with E-state index in [1.807, 2.05) is 24.3 Å². The number of fused-ring (bicyclic) bond motifs is 3. The van der Waals surface area contributed by atoms with Crippen molar-refractivity contribution >= 4 is 17.4 Å². The van der Waals surface area contributed by atoms with Gasteiger partial charge in [-0.1, -0.05) is 18.2 Å². The van der Waals surface area contributed by atoms with Crippen molar-refractivity contribution in [3.63, 3.8) is 0 Å². The Bertz CT molecular complexity index is 765. The summed E-state index contributed by atoms with van der Waals surface area (Å²) in [6.07, 6.45) is 0. The summed E-state index contributed by atoms with van der Waals surface area (Å²) in [6, 6.07) is 13.1. The molecular weight excluding hydrogens is 309 g/mol. The molecule has 2 aliphatic rings. The van der Waals surface area contributed by atoms with Crippen LogP contribution in [0.15, 0.2) is 48.5 Å². The van der Waals surface area contributed by atoms with Crippen molar-refractivity contribution in [1.82, 2.24) is 4.90 Å². The summed E-state index contributed by atoms with van der Waals surface area (Å²) in [5, 5.41) is 15.9. The second kappa shape index (κ2) is 5.79. The number of anilines is 2. The fraction of sp³-hybridized carbons (Fsp3) is 0.278. The predicted octanol–water partition coefficient (Wildman–Crippen LogP) is 2.61. The average molecular weight is 327 g/mol. The van der Waals surface area contributed by atoms with Crippen molar-refractivity contribution in [3.05, 3.63) is 59.9 Å². The Labute approximate surface area is 139 Å². The standard InChI is InChI=1S/C18H18FN3O2/c19-11-5-7-12(8-6-11)21-18(24)22-15-9-20-14-4-2-1-3-13(14)17(15)16(22)10-23/h1-8,15-17,20,23H,9-10H2,(H,21,24)/t15-,16+,17+/m0/s1. The van der Waals surface area contributed by atoms with Gasteiger partial charge in [-0.2, -0.15) is 0 Å². The fourth-order valence-corrected chi connectivity index (χ4v) is 3.77. The lowest BCUT2D eigenvalue weighted by atomic mass is 9.73. The van der Waals surface area contributed by atoms with Crippen LogP contribution in [0.4, 0.5) is 20.6 Å². The number of carbonyl (C=O) groups is 1. The van der Waals surface area contributed by atoms with Crippen molar-refractivity contribution < 1.29 is 14.3 Å². The highest BCUT2D eigenvalue weighted by Gasteiger charge is 2.53. The van der Waals surface area contributed by atoms with Crippen molar-refractivity contribution in [2.24, 2.45) is 0 Å². The topological polar surface area (TPSA) is 64.6 Å². The van der Waals surface area contributed by atoms with E-state index in [2.05, 4.69) is 10.6 Å². The summed E-state index contributed by atoms with van der Waals surface area (Å²) in [5.41, 5.74) is 2.74. The van der Waals surface area contributed by atoms with E-state index in [4.69, 9.17) is 0 Å². The second-order valence-electron chi connectivity index (χ2n) is 6.16. The van der Waals surface area contributed by atoms with Crippen LogP contribution in [0.25, 0.3) is 0 Å². The molecule has 6 heteroatoms. The van der Waals surface area contributed by atoms with Crippen LogP contribution in [0, 0.1) is 5.82 Å². The van der Waals surface area contributed by atoms with Gasteiger partial charge >= 0.3 is 6.03 Å². The maximum absolute atomic E-state index is 13.0. The quantitative estimate of drug-likeness (QED) is 0.794. The Hall–Kier alpha value is -2.60. The van der Waals surface area contributed by atoms with Gasteiger partial charge in [-0.3, -0.25) is 0 Å². The van der Waals surface area contributed by atoms with Crippen molar-refractivity contribution in [2.45, 2.75) is 18.0 Å². The smallest absolute Gasteiger partial charge is 0.322 e. The molecular formula is C18H18FN3O2. The summed E-state index contributed by atoms with van der Waals surface area (Å²) < 4.78 is 13.0. The molecule has 1 saturated heterocycles. The number of benzene rings is 2. The molecule has 2 amide bonds. The van der Waals surface area contributed by atoms with Crippen LogP contribution in [0.5, 0.6) is 0 Å². The molecule has 0 unspecified atom stereocenters. The zero-order valence-corrected chi connectivity index (χ0v) is 12.9. The van der Waals surface area contributed by atoms with E-state index in [1.165, 1.54) is 24.3 Å². The number of hydrogen-bond acceptors (Lipinski definition) is 3. The molecule has 2 aromatic rings. The van der Waals surface area contributed by atoms with Gasteiger partial charge in [0.1, 0.15) is 5.82 Å². The van der Waals surface area contributed by atoms with Crippen LogP contribution in [0.2, 0.25) is 0 Å². The first-order valence-electron chi connectivity index (χ1n) is 7.97. The first kappa shape index (κ1) is 15.0. The van der Waals surface area contributed by atoms with Crippen LogP contribution >= 0.6 is 0 Å². The average Bonchev–Trinajstić information content (AvgIpc) is 2.57. The van der Waals surface area contributed by atoms with Gasteiger partial charge < -0.3 is 20.6 Å². The Morgan fingerprint density at radius 2 is 2.00 bits per heavy atom. The van der Waals surface area contributed by atoms with E-state index in [1.54, 1.807) is 4.90 Å². The zero-order valence-electron chi connectivity index (χ0n) is 12.9. The van der Waals surface area contributed by atoms with Crippen LogP contribution in [0.3, 0.4) is 0 Å². The zero-order chi connectivity index (χ0) is 16.7. The number of para-hydroxylation sites is 1. The number of carbonyl (C=O) groups excluding carboxylic acids is 1. The number of amides is 2. The lowest BCUT2D eigenvalue weighted by Gasteiger charge is -2.57. The molecule has 0 aromatic heterocycles. The second-order valence-corrected chi connectivity index (χ2v) is 6.16. The van der Waals surface area contributed by atoms with E-state index in [0.717, 1.165) is 11.3 Å². The SMILES string of the molecule is O=C(Nc1ccc(F)cc1)N1[C@H](CO)[C@@H]2c3ccccc3NC[C@@H]21. The largest absolute Gasteiger partial charge is 0.394 e. The summed E-state index contributed by atoms with van der Waals surface area (Å²) in [5.74, 6) is -0.218. The van der Waals surface area contributed by atoms with Crippen LogP contribution in [-0.4, -0.2) is 41.3 Å². The minimum atomic E-state index is -0.349. The summed E-state index contributed by atoms with van der Waals surface area (Å²) in [6.45, 7) is 0.557. The summed E-state index contributed by atoms with van der Waals surface area (Å²) in [7, 11) is 0. The van der Waals surface area contributed by atoms with E-state index in [9.17, 15) is 14.3 Å². The first-order chi connectivity index (χ1) is 11.7. The Kier molecular flexibility index (Phi) is 3.61. The van der Waals surface area contributed by atoms with Gasteiger partial charge in [0, 0.05) is 23.8 Å². The highest BCUT2D eigenvalue weighted by molar-refractivity contribution is 5.91. The van der Waals surface area contributed by atoms with E-state index >= 15 is 0 Å². The van der Waals surface area contributed by atoms with E-state index in [0.29, 0.717) is 12.2 Å². The molecule has 124 valence electrons. The number of nitrogens with zero attached hydrogens (tertiary/aromatic N) is 1. The Morgan fingerprint density at radius 3 is 2.75 bits per heavy atom. The van der Waals surface area contributed by atoms with Crippen molar-refractivity contribution in [1.29, 1.82) is 0 Å². The maximum atomic E-state index is 13.0. The summed E-state index contributed by atoms with van der Waals surface area (Å²) in [4.78, 5) is 14.3. The fourth-order valence-electron chi connectivity index (χ4n) is 3.77. The molecule has 5 nitrogen and oxygen atoms in total. The monoisotopic (exact) mass is 327 g/mol. The van der Waals surface area contributed by atoms with E-state index in [-0.39, 0.29) is 36.5 Å². The van der Waals surface area contributed by atoms with Crippen LogP contribution in [0.1, 0.15) is 11.5 Å². The van der Waals surface area contributed by atoms with Gasteiger partial charge in [0.2, 0.25) is 0 Å². The molecule has 0 spiro atoms. The number of urea groups is 1. The predicted molar refractivity (Wildman–Crippen MR) is 89.6 cm³/mol. The number of likely N-dealkylation sites (tertiary alicyclic amines) is 1. The van der Waals surface area contributed by atoms with Crippen molar-refractivity contribution in [2.75, 3.05) is 23.8 Å². The first-order valence-corrected chi connectivity index (χ1v) is 7.97. The molecule has 2 aromatic carbocycles. The third kappa shape index (κ3) is 2.30. The van der Waals surface area contributed by atoms with Crippen molar-refractivity contribution in [3.8, 4) is 0 Å². The Morgan fingerprint density at radius 1 is 1.25 bits per heavy atom. The molecule has 0 aliphatic carbocycles. The lowest BCUT2D eigenvalue weighted by Crippen LogP contribution is -2.69. The van der Waals surface area contributed by atoms with Gasteiger partial charge in [-0.15, -0.1) is 0 Å². The molecule has 2 aliphatic heterocycles. The molecule has 0 saturated carbocycles. The van der Waals surface area contributed by atoms with Gasteiger partial charge in [0.15, 0.2) is 0 Å². The molecule has 0 radical (unpaired) electrons. The molecule has 3 atom stereocenters. The number of rotatable bonds is 2. The van der Waals surface area contributed by atoms with E-state index < -0.39 is 0 Å². The molecule has 0 bridgehead atoms. The molecule has 4 rings (SSSR count). The molecule has 3 N–H and O–H groups in total. The third-order valence-electron chi connectivity index (χ3n) is 4.88. The number of hydrogen-bond donors (Lipinski definition) is 3. The van der Waals surface area contributed by atoms with Gasteiger partial charge in [0.05, 0.1) is 18.7 Å². The van der Waals surface area contributed by atoms with Gasteiger partial charge in [-0.25, -0.2) is 9.18 Å². The lowest BCUT2D eigenvalue weighted by molar-refractivity contribution is 0.000872. The molecule has 24 heavy (non-hydrogen) atoms. The maximum Gasteiger partial charge on any atom is 0.322 e. The van der Waals surface area contributed by atoms with Crippen LogP contribution < -0.4 is 10.6 Å². The van der Waals surface area contributed by atoms with Gasteiger partial charge in [-0.05, 0) is 35.9 Å². The molecule has 2 heterocycles. The number of aliphatic hydroxyl groups is 1. The molecule has 1 fully saturated rings. The Balaban J connectivity index is 1.54. The third-order valence-corrected chi connectivity index (χ3v) is 4.88.